The van der Waals surface area contributed by atoms with E-state index in [1.807, 2.05) is 12.3 Å². The molecule has 0 saturated heterocycles. The molecule has 0 aliphatic rings. The summed E-state index contributed by atoms with van der Waals surface area (Å²) in [6.07, 6.45) is 3.03. The van der Waals surface area contributed by atoms with Crippen molar-refractivity contribution in [3.8, 4) is 6.07 Å². The van der Waals surface area contributed by atoms with Crippen LogP contribution in [0.2, 0.25) is 0 Å². The monoisotopic (exact) mass is 245 g/mol. The molecule has 18 heavy (non-hydrogen) atoms. The fourth-order valence-electron chi connectivity index (χ4n) is 2.05. The van der Waals surface area contributed by atoms with Crippen molar-refractivity contribution in [3.63, 3.8) is 0 Å². The van der Waals surface area contributed by atoms with E-state index in [-0.39, 0.29) is 5.41 Å². The van der Waals surface area contributed by atoms with E-state index in [4.69, 9.17) is 0 Å². The van der Waals surface area contributed by atoms with Crippen LogP contribution in [-0.2, 0) is 12.0 Å². The Kier molecular flexibility index (Phi) is 4.86. The number of nitriles is 1. The number of pyridine rings is 1. The van der Waals surface area contributed by atoms with Gasteiger partial charge in [-0.2, -0.15) is 5.26 Å². The minimum atomic E-state index is -0.0844. The number of hydrogen-bond acceptors (Lipinski definition) is 3. The quantitative estimate of drug-likeness (QED) is 0.818. The molecule has 0 atom stereocenters. The highest BCUT2D eigenvalue weighted by Gasteiger charge is 2.20. The van der Waals surface area contributed by atoms with Gasteiger partial charge >= 0.3 is 0 Å². The topological polar surface area (TPSA) is 39.9 Å². The first-order valence-corrected chi connectivity index (χ1v) is 6.46. The van der Waals surface area contributed by atoms with Crippen molar-refractivity contribution < 1.29 is 0 Å². The van der Waals surface area contributed by atoms with E-state index >= 15 is 0 Å². The van der Waals surface area contributed by atoms with Crippen LogP contribution in [0.3, 0.4) is 0 Å². The summed E-state index contributed by atoms with van der Waals surface area (Å²) < 4.78 is 0. The molecule has 0 fully saturated rings. The minimum Gasteiger partial charge on any atom is -0.302 e. The van der Waals surface area contributed by atoms with Crippen molar-refractivity contribution >= 4 is 0 Å². The van der Waals surface area contributed by atoms with E-state index in [9.17, 15) is 5.26 Å². The van der Waals surface area contributed by atoms with Gasteiger partial charge in [-0.05, 0) is 31.6 Å². The smallest absolute Gasteiger partial charge is 0.101 e. The summed E-state index contributed by atoms with van der Waals surface area (Å²) in [6.45, 7) is 10.3. The summed E-state index contributed by atoms with van der Waals surface area (Å²) in [7, 11) is 2.09. The van der Waals surface area contributed by atoms with Crippen molar-refractivity contribution in [1.82, 2.24) is 9.88 Å². The van der Waals surface area contributed by atoms with Gasteiger partial charge in [0.2, 0.25) is 0 Å². The lowest BCUT2D eigenvalue weighted by atomic mass is 9.88. The van der Waals surface area contributed by atoms with E-state index in [0.29, 0.717) is 5.56 Å². The van der Waals surface area contributed by atoms with Gasteiger partial charge in [-0.3, -0.25) is 4.98 Å². The first-order valence-electron chi connectivity index (χ1n) is 6.46. The molecule has 3 heteroatoms. The lowest BCUT2D eigenvalue weighted by Crippen LogP contribution is -2.20. The van der Waals surface area contributed by atoms with Crippen molar-refractivity contribution in [2.24, 2.45) is 0 Å². The molecule has 0 spiro atoms. The second-order valence-electron chi connectivity index (χ2n) is 5.84. The molecule has 0 saturated carbocycles. The van der Waals surface area contributed by atoms with Crippen LogP contribution in [0.1, 0.15) is 50.9 Å². The average Bonchev–Trinajstić information content (AvgIpc) is 2.27. The Bertz CT molecular complexity index is 438. The molecule has 98 valence electrons. The molecular formula is C15H23N3. The molecule has 0 unspecified atom stereocenters. The lowest BCUT2D eigenvalue weighted by Gasteiger charge is -2.20. The second kappa shape index (κ2) is 5.97. The Morgan fingerprint density at radius 2 is 2.06 bits per heavy atom. The second-order valence-corrected chi connectivity index (χ2v) is 5.84. The summed E-state index contributed by atoms with van der Waals surface area (Å²) in [4.78, 5) is 6.73. The third-order valence-electron chi connectivity index (χ3n) is 2.83. The minimum absolute atomic E-state index is 0.0844. The van der Waals surface area contributed by atoms with Gasteiger partial charge in [0.05, 0.1) is 11.3 Å². The molecule has 1 heterocycles. The maximum atomic E-state index is 9.24. The Labute approximate surface area is 110 Å². The maximum Gasteiger partial charge on any atom is 0.101 e. The first kappa shape index (κ1) is 14.7. The zero-order chi connectivity index (χ0) is 13.8. The normalized spacial score (nSPS) is 11.6. The predicted octanol–water partition coefficient (Wildman–Crippen LogP) is 3.09. The molecule has 0 N–H and O–H groups in total. The van der Waals surface area contributed by atoms with E-state index in [0.717, 1.165) is 30.8 Å². The van der Waals surface area contributed by atoms with Crippen molar-refractivity contribution in [2.75, 3.05) is 13.6 Å². The Hall–Kier alpha value is -1.40. The molecule has 0 aliphatic carbocycles. The fourth-order valence-corrected chi connectivity index (χ4v) is 2.05. The van der Waals surface area contributed by atoms with Crippen LogP contribution >= 0.6 is 0 Å². The van der Waals surface area contributed by atoms with Crippen LogP contribution in [0.25, 0.3) is 0 Å². The van der Waals surface area contributed by atoms with E-state index in [1.54, 1.807) is 0 Å². The van der Waals surface area contributed by atoms with Gasteiger partial charge in [0.15, 0.2) is 0 Å². The summed E-state index contributed by atoms with van der Waals surface area (Å²) in [5, 5.41) is 9.24. The molecule has 0 bridgehead atoms. The number of nitrogens with zero attached hydrogens (tertiary/aromatic N) is 3. The molecule has 1 rings (SSSR count). The van der Waals surface area contributed by atoms with Crippen LogP contribution in [0.4, 0.5) is 0 Å². The Morgan fingerprint density at radius 1 is 1.39 bits per heavy atom. The highest BCUT2D eigenvalue weighted by Crippen LogP contribution is 2.24. The van der Waals surface area contributed by atoms with Crippen LogP contribution < -0.4 is 0 Å². The van der Waals surface area contributed by atoms with Crippen LogP contribution in [0.5, 0.6) is 0 Å². The molecule has 0 amide bonds. The van der Waals surface area contributed by atoms with Crippen LogP contribution in [0.15, 0.2) is 12.3 Å². The van der Waals surface area contributed by atoms with Gasteiger partial charge < -0.3 is 4.90 Å². The van der Waals surface area contributed by atoms with Crippen molar-refractivity contribution in [3.05, 3.63) is 29.1 Å². The zero-order valence-corrected chi connectivity index (χ0v) is 12.1. The largest absolute Gasteiger partial charge is 0.302 e. The zero-order valence-electron chi connectivity index (χ0n) is 12.1. The lowest BCUT2D eigenvalue weighted by molar-refractivity contribution is 0.327. The van der Waals surface area contributed by atoms with Gasteiger partial charge in [-0.25, -0.2) is 0 Å². The standard InChI is InChI=1S/C15H23N3/c1-6-7-18(5)11-12-8-13(9-16)14(17-10-12)15(2,3)4/h8,10H,6-7,11H2,1-5H3. The van der Waals surface area contributed by atoms with Gasteiger partial charge in [-0.15, -0.1) is 0 Å². The number of aromatic nitrogens is 1. The summed E-state index contributed by atoms with van der Waals surface area (Å²) >= 11 is 0. The number of hydrogen-bond donors (Lipinski definition) is 0. The summed E-state index contributed by atoms with van der Waals surface area (Å²) in [5.74, 6) is 0. The molecule has 3 nitrogen and oxygen atoms in total. The maximum absolute atomic E-state index is 9.24. The van der Waals surface area contributed by atoms with Gasteiger partial charge in [-0.1, -0.05) is 27.7 Å². The fraction of sp³-hybridized carbons (Fsp3) is 0.600. The van der Waals surface area contributed by atoms with E-state index < -0.39 is 0 Å². The van der Waals surface area contributed by atoms with Gasteiger partial charge in [0.1, 0.15) is 6.07 Å². The third kappa shape index (κ3) is 3.82. The van der Waals surface area contributed by atoms with Gasteiger partial charge in [0.25, 0.3) is 0 Å². The SMILES string of the molecule is CCCN(C)Cc1cnc(C(C)(C)C)c(C#N)c1. The molecule has 1 aromatic rings. The van der Waals surface area contributed by atoms with Crippen molar-refractivity contribution in [1.29, 1.82) is 5.26 Å². The highest BCUT2D eigenvalue weighted by molar-refractivity contribution is 5.39. The molecule has 0 aromatic carbocycles. The summed E-state index contributed by atoms with van der Waals surface area (Å²) in [5.41, 5.74) is 2.60. The Balaban J connectivity index is 2.97. The summed E-state index contributed by atoms with van der Waals surface area (Å²) in [6, 6.07) is 4.24. The van der Waals surface area contributed by atoms with E-state index in [2.05, 4.69) is 50.7 Å². The van der Waals surface area contributed by atoms with Crippen molar-refractivity contribution in [2.45, 2.75) is 46.1 Å². The first-order chi connectivity index (χ1) is 8.38. The number of rotatable bonds is 4. The van der Waals surface area contributed by atoms with Gasteiger partial charge in [0, 0.05) is 18.2 Å². The van der Waals surface area contributed by atoms with Crippen LogP contribution in [-0.4, -0.2) is 23.5 Å². The third-order valence-corrected chi connectivity index (χ3v) is 2.83. The molecule has 1 aromatic heterocycles. The van der Waals surface area contributed by atoms with E-state index in [1.165, 1.54) is 0 Å². The average molecular weight is 245 g/mol. The van der Waals surface area contributed by atoms with Crippen LogP contribution in [0, 0.1) is 11.3 Å². The highest BCUT2D eigenvalue weighted by atomic mass is 15.1. The Morgan fingerprint density at radius 3 is 2.56 bits per heavy atom. The predicted molar refractivity (Wildman–Crippen MR) is 74.3 cm³/mol. The molecule has 0 radical (unpaired) electrons. The molecule has 0 aliphatic heterocycles. The molecular weight excluding hydrogens is 222 g/mol.